The lowest BCUT2D eigenvalue weighted by atomic mass is 10.1. The third kappa shape index (κ3) is 4.20. The van der Waals surface area contributed by atoms with Gasteiger partial charge in [0, 0.05) is 15.7 Å². The largest absolute Gasteiger partial charge is 0.435 e. The Morgan fingerprint density at radius 2 is 1.97 bits per heavy atom. The van der Waals surface area contributed by atoms with E-state index in [0.29, 0.717) is 4.68 Å². The Balaban J connectivity index is 2.22. The molecule has 1 unspecified atom stereocenters. The van der Waals surface area contributed by atoms with Crippen molar-refractivity contribution < 1.29 is 13.0 Å². The lowest BCUT2D eigenvalue weighted by Gasteiger charge is -2.12. The van der Waals surface area contributed by atoms with Crippen molar-refractivity contribution in [2.24, 2.45) is 0 Å². The molecule has 2 aromatic heterocycles. The van der Waals surface area contributed by atoms with Crippen molar-refractivity contribution in [3.8, 4) is 23.4 Å². The van der Waals surface area contributed by atoms with E-state index in [-0.39, 0.29) is 14.7 Å². The Morgan fingerprint density at radius 3 is 2.59 bits per heavy atom. The molecule has 1 atom stereocenters. The molecule has 0 fully saturated rings. The Morgan fingerprint density at radius 1 is 1.28 bits per heavy atom. The Hall–Kier alpha value is -3.04. The van der Waals surface area contributed by atoms with Gasteiger partial charge in [0.1, 0.15) is 6.07 Å². The number of H-pyrrole nitrogens is 2. The van der Waals surface area contributed by atoms with E-state index < -0.39 is 70.5 Å². The molecule has 0 radical (unpaired) electrons. The zero-order valence-corrected chi connectivity index (χ0v) is 17.4. The first-order chi connectivity index (χ1) is 16.2. The summed E-state index contributed by atoms with van der Waals surface area (Å²) in [6.07, 6.45) is 0. The standard InChI is InChI=1S/C17H12Br2N6O4/c1-7(2)9-5-13(22-23-15(9)26)29-14-10(18)3-8(4-11(14)19)25-17(28)21-16(27)12(6-20)24-25/h3-5,7H,1-2H3,(H,23,26)(H,21,27,28)/i1D3,3D,4D,5D. The van der Waals surface area contributed by atoms with Crippen molar-refractivity contribution in [3.05, 3.63) is 69.5 Å². The van der Waals surface area contributed by atoms with E-state index in [1.807, 2.05) is 4.98 Å². The lowest BCUT2D eigenvalue weighted by Crippen LogP contribution is -2.33. The van der Waals surface area contributed by atoms with Gasteiger partial charge >= 0.3 is 5.69 Å². The van der Waals surface area contributed by atoms with Gasteiger partial charge in [-0.25, -0.2) is 9.89 Å². The van der Waals surface area contributed by atoms with Crippen molar-refractivity contribution in [3.63, 3.8) is 0 Å². The summed E-state index contributed by atoms with van der Waals surface area (Å²) in [6.45, 7) is -1.35. The van der Waals surface area contributed by atoms with E-state index in [2.05, 4.69) is 47.2 Å². The fourth-order valence-corrected chi connectivity index (χ4v) is 3.28. The molecule has 0 bridgehead atoms. The van der Waals surface area contributed by atoms with Crippen LogP contribution in [0, 0.1) is 11.3 Å². The molecule has 0 aliphatic carbocycles. The highest BCUT2D eigenvalue weighted by molar-refractivity contribution is 9.11. The number of nitriles is 1. The molecule has 0 saturated heterocycles. The molecule has 3 rings (SSSR count). The number of ether oxygens (including phenoxy) is 1. The first kappa shape index (κ1) is 14.0. The highest BCUT2D eigenvalue weighted by atomic mass is 79.9. The van der Waals surface area contributed by atoms with E-state index in [0.717, 1.165) is 0 Å². The zero-order valence-electron chi connectivity index (χ0n) is 20.3. The summed E-state index contributed by atoms with van der Waals surface area (Å²) < 4.78 is 53.4. The minimum absolute atomic E-state index is 0.161. The highest BCUT2D eigenvalue weighted by Crippen LogP contribution is 2.38. The molecule has 29 heavy (non-hydrogen) atoms. The highest BCUT2D eigenvalue weighted by Gasteiger charge is 2.16. The smallest absolute Gasteiger partial charge is 0.349 e. The van der Waals surface area contributed by atoms with Gasteiger partial charge < -0.3 is 4.74 Å². The number of hydrogen-bond acceptors (Lipinski definition) is 7. The van der Waals surface area contributed by atoms with Crippen LogP contribution >= 0.6 is 31.9 Å². The number of aromatic nitrogens is 5. The second kappa shape index (κ2) is 8.14. The van der Waals surface area contributed by atoms with Crippen LogP contribution in [0.1, 0.15) is 39.2 Å². The normalized spacial score (nSPS) is 15.1. The molecule has 12 heteroatoms. The van der Waals surface area contributed by atoms with E-state index >= 15 is 0 Å². The van der Waals surface area contributed by atoms with E-state index in [1.165, 1.54) is 13.0 Å². The summed E-state index contributed by atoms with van der Waals surface area (Å²) in [7, 11) is 0. The van der Waals surface area contributed by atoms with Crippen molar-refractivity contribution in [1.29, 1.82) is 5.26 Å². The number of hydrogen-bond donors (Lipinski definition) is 2. The molecule has 2 N–H and O–H groups in total. The predicted octanol–water partition coefficient (Wildman–Crippen LogP) is 2.32. The molecule has 0 spiro atoms. The van der Waals surface area contributed by atoms with Gasteiger partial charge in [0.2, 0.25) is 11.6 Å². The number of nitrogens with one attached hydrogen (secondary N) is 2. The SMILES string of the molecule is [2H]c1c(Br)c(Oc2n[nH]c(=O)c(C(C)C([2H])([2H])[2H])c2[2H])c(Br)c([2H])c1-n1nc(C#N)c(=O)[nH]c1=O. The van der Waals surface area contributed by atoms with Crippen molar-refractivity contribution >= 4 is 31.9 Å². The van der Waals surface area contributed by atoms with Crippen molar-refractivity contribution in [1.82, 2.24) is 25.0 Å². The molecule has 3 aromatic rings. The van der Waals surface area contributed by atoms with Crippen LogP contribution in [-0.2, 0) is 0 Å². The zero-order chi connectivity index (χ0) is 26.4. The predicted molar refractivity (Wildman–Crippen MR) is 110 cm³/mol. The van der Waals surface area contributed by atoms with Crippen LogP contribution in [0.15, 0.2) is 41.5 Å². The number of halogens is 2. The molecule has 148 valence electrons. The van der Waals surface area contributed by atoms with Gasteiger partial charge in [-0.2, -0.15) is 9.94 Å². The average Bonchev–Trinajstić information content (AvgIpc) is 2.77. The van der Waals surface area contributed by atoms with Crippen LogP contribution in [0.4, 0.5) is 0 Å². The summed E-state index contributed by atoms with van der Waals surface area (Å²) in [5.74, 6) is -2.11. The first-order valence-corrected chi connectivity index (χ1v) is 9.18. The molecule has 0 aliphatic heterocycles. The van der Waals surface area contributed by atoms with Gasteiger partial charge in [0.05, 0.1) is 18.7 Å². The molecule has 0 aliphatic rings. The summed E-state index contributed by atoms with van der Waals surface area (Å²) in [5, 5.41) is 18.3. The van der Waals surface area contributed by atoms with Gasteiger partial charge in [-0.3, -0.25) is 14.6 Å². The molecule has 0 saturated carbocycles. The maximum atomic E-state index is 12.3. The van der Waals surface area contributed by atoms with E-state index in [4.69, 9.17) is 18.2 Å². The Kier molecular flexibility index (Phi) is 3.94. The molecule has 2 heterocycles. The van der Waals surface area contributed by atoms with Crippen LogP contribution in [0.2, 0.25) is 0 Å². The molecular weight excluding hydrogens is 512 g/mol. The molecule has 1 aromatic carbocycles. The van der Waals surface area contributed by atoms with Crippen LogP contribution < -0.4 is 21.5 Å². The third-order valence-corrected chi connectivity index (χ3v) is 4.49. The Labute approximate surface area is 187 Å². The maximum absolute atomic E-state index is 12.3. The van der Waals surface area contributed by atoms with Crippen molar-refractivity contribution in [2.75, 3.05) is 0 Å². The van der Waals surface area contributed by atoms with Crippen LogP contribution in [0.25, 0.3) is 5.69 Å². The quantitative estimate of drug-likeness (QED) is 0.527. The number of benzene rings is 1. The number of aromatic amines is 2. The second-order valence-electron chi connectivity index (χ2n) is 5.41. The fourth-order valence-electron chi connectivity index (χ4n) is 2.08. The van der Waals surface area contributed by atoms with Crippen LogP contribution in [-0.4, -0.2) is 25.0 Å². The monoisotopic (exact) mass is 528 g/mol. The van der Waals surface area contributed by atoms with Gasteiger partial charge in [-0.15, -0.1) is 10.2 Å². The van der Waals surface area contributed by atoms with E-state index in [1.54, 1.807) is 0 Å². The second-order valence-corrected chi connectivity index (χ2v) is 6.99. The van der Waals surface area contributed by atoms with Crippen LogP contribution in [0.5, 0.6) is 11.6 Å². The molecular formula is C17H12Br2N6O4. The first-order valence-electron chi connectivity index (χ1n) is 10.6. The Bertz CT molecular complexity index is 1550. The summed E-state index contributed by atoms with van der Waals surface area (Å²) >= 11 is 6.21. The lowest BCUT2D eigenvalue weighted by molar-refractivity contribution is 0.446. The van der Waals surface area contributed by atoms with Crippen LogP contribution in [0.3, 0.4) is 0 Å². The van der Waals surface area contributed by atoms with Gasteiger partial charge in [0.15, 0.2) is 5.75 Å². The molecule has 0 amide bonds. The molecule has 10 nitrogen and oxygen atoms in total. The van der Waals surface area contributed by atoms with E-state index in [9.17, 15) is 14.4 Å². The third-order valence-electron chi connectivity index (χ3n) is 3.38. The fraction of sp³-hybridized carbons (Fsp3) is 0.176. The van der Waals surface area contributed by atoms with Gasteiger partial charge in [-0.1, -0.05) is 13.8 Å². The van der Waals surface area contributed by atoms with Gasteiger partial charge in [-0.05, 0) is 49.9 Å². The number of nitrogens with zero attached hydrogens (tertiary/aromatic N) is 4. The minimum Gasteiger partial charge on any atom is -0.435 e. The average molecular weight is 530 g/mol. The van der Waals surface area contributed by atoms with Crippen molar-refractivity contribution in [2.45, 2.75) is 19.7 Å². The van der Waals surface area contributed by atoms with Gasteiger partial charge in [0.25, 0.3) is 11.1 Å². The number of rotatable bonds is 4. The summed E-state index contributed by atoms with van der Waals surface area (Å²) in [6, 6.07) is -0.163. The summed E-state index contributed by atoms with van der Waals surface area (Å²) in [5.41, 5.74) is -4.54. The summed E-state index contributed by atoms with van der Waals surface area (Å²) in [4.78, 5) is 37.9. The topological polar surface area (TPSA) is 147 Å². The minimum atomic E-state index is -2.59. The maximum Gasteiger partial charge on any atom is 0.349 e.